The van der Waals surface area contributed by atoms with Crippen molar-refractivity contribution < 1.29 is 98.1 Å². The molecule has 0 aliphatic carbocycles. The van der Waals surface area contributed by atoms with Crippen LogP contribution in [0.15, 0.2) is 48.5 Å². The molecule has 3 radical (unpaired) electrons. The van der Waals surface area contributed by atoms with Gasteiger partial charge in [0.1, 0.15) is 0 Å². The molecule has 1 heterocycles. The number of fused-ring (bicyclic) bond motifs is 3. The molecule has 1 aromatic heterocycles. The van der Waals surface area contributed by atoms with E-state index < -0.39 is 0 Å². The maximum absolute atomic E-state index is 3.50. The van der Waals surface area contributed by atoms with E-state index in [0.29, 0.717) is 0 Å². The van der Waals surface area contributed by atoms with Gasteiger partial charge in [-0.15, -0.1) is 5.52 Å². The second kappa shape index (κ2) is 16.5. The van der Waals surface area contributed by atoms with Crippen LogP contribution in [0.4, 0.5) is 0 Å². The van der Waals surface area contributed by atoms with Gasteiger partial charge in [-0.25, -0.2) is 12.1 Å². The van der Waals surface area contributed by atoms with E-state index in [9.17, 15) is 0 Å². The third-order valence-corrected chi connectivity index (χ3v) is 3.83. The van der Waals surface area contributed by atoms with E-state index >= 15 is 0 Å². The van der Waals surface area contributed by atoms with Crippen LogP contribution in [0.2, 0.25) is 0 Å². The van der Waals surface area contributed by atoms with Gasteiger partial charge in [-0.1, -0.05) is 45.9 Å². The quantitative estimate of drug-likeness (QED) is 0.227. The van der Waals surface area contributed by atoms with Crippen molar-refractivity contribution >= 4 is 21.8 Å². The number of benzene rings is 3. The van der Waals surface area contributed by atoms with Crippen molar-refractivity contribution in [1.82, 2.24) is 4.57 Å². The SMILES string of the molecule is CC.CC.CCn1c2c[c-]c(-c3[c-]ccc[c-]3)[c-]c2c2ccccc21.[Y].[Y].[Y]. The standard InChI is InChI=1S/C20H13N.2C2H6.3Y/c1-2-21-19-11-7-6-10-17(19)18-14-16(12-13-20(18)21)15-8-4-3-5-9-15;2*1-2;;;/h3-7,10-11,13H,2H2,1H3;2*1-2H3;;;/q-4;;;;;. The minimum absolute atomic E-state index is 0. The Kier molecular flexibility index (Phi) is 18.2. The van der Waals surface area contributed by atoms with Crippen LogP contribution in [-0.2, 0) is 105 Å². The molecule has 0 fully saturated rings. The molecule has 0 spiro atoms. The molecule has 0 saturated carbocycles. The topological polar surface area (TPSA) is 4.93 Å². The van der Waals surface area contributed by atoms with Crippen molar-refractivity contribution in [2.75, 3.05) is 0 Å². The number of hydrogen-bond donors (Lipinski definition) is 0. The van der Waals surface area contributed by atoms with Crippen molar-refractivity contribution in [3.8, 4) is 11.1 Å². The number of hydrogen-bond acceptors (Lipinski definition) is 0. The molecular weight excluding hydrogens is 569 g/mol. The first kappa shape index (κ1) is 31.0. The monoisotopic (exact) mass is 594 g/mol. The van der Waals surface area contributed by atoms with E-state index in [1.54, 1.807) is 0 Å². The first-order valence-corrected chi connectivity index (χ1v) is 9.12. The van der Waals surface area contributed by atoms with Crippen molar-refractivity contribution in [3.63, 3.8) is 0 Å². The third-order valence-electron chi connectivity index (χ3n) is 3.83. The molecule has 4 rings (SSSR count). The molecule has 0 atom stereocenters. The molecule has 28 heavy (non-hydrogen) atoms. The Hall–Kier alpha value is 0.772. The maximum atomic E-state index is 3.50. The smallest absolute Gasteiger partial charge is 0.0297 e. The molecule has 4 aromatic rings. The summed E-state index contributed by atoms with van der Waals surface area (Å²) in [6.07, 6.45) is 0. The number of para-hydroxylation sites is 1. The summed E-state index contributed by atoms with van der Waals surface area (Å²) in [5, 5.41) is 2.38. The van der Waals surface area contributed by atoms with Crippen LogP contribution in [0.3, 0.4) is 0 Å². The Morgan fingerprint density at radius 1 is 0.750 bits per heavy atom. The molecule has 4 heteroatoms. The van der Waals surface area contributed by atoms with Gasteiger partial charge >= 0.3 is 0 Å². The van der Waals surface area contributed by atoms with Crippen LogP contribution in [0.1, 0.15) is 34.6 Å². The Morgan fingerprint density at radius 3 is 1.96 bits per heavy atom. The first-order chi connectivity index (χ1) is 12.4. The fourth-order valence-corrected chi connectivity index (χ4v) is 2.88. The predicted molar refractivity (Wildman–Crippen MR) is 109 cm³/mol. The third kappa shape index (κ3) is 6.90. The number of nitrogens with zero attached hydrogens (tertiary/aromatic N) is 1. The molecule has 0 saturated heterocycles. The van der Waals surface area contributed by atoms with E-state index in [0.717, 1.165) is 23.1 Å². The van der Waals surface area contributed by atoms with Crippen LogP contribution in [0, 0.1) is 24.3 Å². The van der Waals surface area contributed by atoms with Gasteiger partial charge in [0.2, 0.25) is 0 Å². The minimum atomic E-state index is 0. The molecule has 0 amide bonds. The maximum Gasteiger partial charge on any atom is 0.0297 e. The fraction of sp³-hybridized carbons (Fsp3) is 0.250. The number of aromatic nitrogens is 1. The fourth-order valence-electron chi connectivity index (χ4n) is 2.88. The zero-order chi connectivity index (χ0) is 18.2. The van der Waals surface area contributed by atoms with Gasteiger partial charge in [0.05, 0.1) is 0 Å². The van der Waals surface area contributed by atoms with Crippen molar-refractivity contribution in [2.24, 2.45) is 0 Å². The zero-order valence-corrected chi connectivity index (χ0v) is 26.0. The van der Waals surface area contributed by atoms with Gasteiger partial charge in [0.25, 0.3) is 0 Å². The molecule has 0 bridgehead atoms. The Labute approximate surface area is 246 Å². The minimum Gasteiger partial charge on any atom is -0.460 e. The molecule has 0 aliphatic rings. The summed E-state index contributed by atoms with van der Waals surface area (Å²) >= 11 is 0. The van der Waals surface area contributed by atoms with Gasteiger partial charge in [0.15, 0.2) is 0 Å². The van der Waals surface area contributed by atoms with Crippen LogP contribution >= 0.6 is 0 Å². The molecule has 0 unspecified atom stereocenters. The summed E-state index contributed by atoms with van der Waals surface area (Å²) in [6.45, 7) is 11.1. The average Bonchev–Trinajstić information content (AvgIpc) is 3.04. The van der Waals surface area contributed by atoms with Gasteiger partial charge in [-0.2, -0.15) is 5.39 Å². The molecular formula is C24H25NY3-4. The normalized spacial score (nSPS) is 8.89. The predicted octanol–water partition coefficient (Wildman–Crippen LogP) is 6.73. The van der Waals surface area contributed by atoms with Gasteiger partial charge in [0, 0.05) is 110 Å². The second-order valence-electron chi connectivity index (χ2n) is 5.00. The summed E-state index contributed by atoms with van der Waals surface area (Å²) in [6, 6.07) is 29.5. The number of aryl methyl sites for hydroxylation is 1. The Bertz CT molecular complexity index is 931. The van der Waals surface area contributed by atoms with Crippen LogP contribution in [0.5, 0.6) is 0 Å². The van der Waals surface area contributed by atoms with Crippen molar-refractivity contribution in [1.29, 1.82) is 0 Å². The zero-order valence-electron chi connectivity index (χ0n) is 17.5. The first-order valence-electron chi connectivity index (χ1n) is 9.12. The van der Waals surface area contributed by atoms with Crippen LogP contribution < -0.4 is 0 Å². The summed E-state index contributed by atoms with van der Waals surface area (Å²) in [4.78, 5) is 0. The molecule has 0 aliphatic heterocycles. The Morgan fingerprint density at radius 2 is 1.36 bits per heavy atom. The largest absolute Gasteiger partial charge is 0.460 e. The van der Waals surface area contributed by atoms with Crippen LogP contribution in [-0.4, -0.2) is 4.57 Å². The van der Waals surface area contributed by atoms with E-state index in [-0.39, 0.29) is 98.1 Å². The van der Waals surface area contributed by atoms with Gasteiger partial charge in [-0.3, -0.25) is 12.1 Å². The van der Waals surface area contributed by atoms with Crippen molar-refractivity contribution in [2.45, 2.75) is 41.2 Å². The van der Waals surface area contributed by atoms with E-state index in [1.165, 1.54) is 16.4 Å². The molecule has 1 nitrogen and oxygen atoms in total. The van der Waals surface area contributed by atoms with E-state index in [4.69, 9.17) is 0 Å². The summed E-state index contributed by atoms with van der Waals surface area (Å²) < 4.78 is 2.31. The molecule has 3 aromatic carbocycles. The molecule has 0 N–H and O–H groups in total. The van der Waals surface area contributed by atoms with E-state index in [2.05, 4.69) is 66.1 Å². The van der Waals surface area contributed by atoms with Crippen molar-refractivity contribution in [3.05, 3.63) is 72.8 Å². The van der Waals surface area contributed by atoms with Gasteiger partial charge < -0.3 is 40.0 Å². The van der Waals surface area contributed by atoms with Gasteiger partial charge in [-0.05, 0) is 18.4 Å². The second-order valence-corrected chi connectivity index (χ2v) is 5.00. The van der Waals surface area contributed by atoms with Crippen LogP contribution in [0.25, 0.3) is 32.9 Å². The summed E-state index contributed by atoms with van der Waals surface area (Å²) in [7, 11) is 0. The molecule has 139 valence electrons. The summed E-state index contributed by atoms with van der Waals surface area (Å²) in [5.74, 6) is 0. The Balaban J connectivity index is 0. The summed E-state index contributed by atoms with van der Waals surface area (Å²) in [5.41, 5.74) is 4.26. The average molecular weight is 594 g/mol. The number of rotatable bonds is 2. The van der Waals surface area contributed by atoms with E-state index in [1.807, 2.05) is 45.9 Å².